The Bertz CT molecular complexity index is 1180. The Morgan fingerprint density at radius 3 is 2.57 bits per heavy atom. The third-order valence-corrected chi connectivity index (χ3v) is 7.39. The minimum atomic E-state index is -3.62. The molecular weight excluding hydrogens is 372 g/mol. The maximum absolute atomic E-state index is 13.2. The molecule has 0 spiro atoms. The summed E-state index contributed by atoms with van der Waals surface area (Å²) in [4.78, 5) is 3.53. The smallest absolute Gasteiger partial charge is 0.247 e. The molecule has 28 heavy (non-hydrogen) atoms. The monoisotopic (exact) mass is 396 g/mol. The predicted octanol–water partition coefficient (Wildman–Crippen LogP) is 4.27. The Labute approximate surface area is 165 Å². The third kappa shape index (κ3) is 3.12. The van der Waals surface area contributed by atoms with Crippen LogP contribution in [0.5, 0.6) is 5.75 Å². The van der Waals surface area contributed by atoms with Crippen molar-refractivity contribution in [2.75, 3.05) is 20.2 Å². The maximum Gasteiger partial charge on any atom is 0.247 e. The van der Waals surface area contributed by atoms with Gasteiger partial charge in [-0.25, -0.2) is 8.42 Å². The molecule has 4 rings (SSSR count). The Morgan fingerprint density at radius 1 is 1.11 bits per heavy atom. The molecule has 0 saturated carbocycles. The van der Waals surface area contributed by atoms with Gasteiger partial charge in [-0.3, -0.25) is 0 Å². The normalized spacial score (nSPS) is 15.6. The average molecular weight is 397 g/mol. The van der Waals surface area contributed by atoms with Gasteiger partial charge in [-0.15, -0.1) is 0 Å². The first-order valence-corrected chi connectivity index (χ1v) is 10.8. The van der Waals surface area contributed by atoms with Crippen LogP contribution in [0.2, 0.25) is 0 Å². The summed E-state index contributed by atoms with van der Waals surface area (Å²) in [7, 11) is -2.11. The first-order valence-electron chi connectivity index (χ1n) is 9.32. The molecule has 0 unspecified atom stereocenters. The van der Waals surface area contributed by atoms with Crippen molar-refractivity contribution in [3.8, 4) is 5.75 Å². The first-order chi connectivity index (χ1) is 13.4. The Morgan fingerprint density at radius 2 is 1.86 bits per heavy atom. The number of nitrogens with zero attached hydrogens (tertiary/aromatic N) is 1. The number of rotatable bonds is 4. The molecule has 0 saturated heterocycles. The number of para-hydroxylation sites is 1. The number of hydrogen-bond donors (Lipinski definition) is 1. The zero-order valence-corrected chi connectivity index (χ0v) is 17.1. The second-order valence-electron chi connectivity index (χ2n) is 7.18. The lowest BCUT2D eigenvalue weighted by Crippen LogP contribution is -2.35. The molecule has 2 aromatic carbocycles. The van der Waals surface area contributed by atoms with Crippen LogP contribution in [0.4, 0.5) is 0 Å². The largest absolute Gasteiger partial charge is 0.495 e. The van der Waals surface area contributed by atoms with Gasteiger partial charge in [0.05, 0.1) is 7.11 Å². The van der Waals surface area contributed by atoms with E-state index in [2.05, 4.69) is 11.1 Å². The number of ether oxygens (including phenoxy) is 1. The van der Waals surface area contributed by atoms with Crippen LogP contribution in [0, 0.1) is 13.8 Å². The molecule has 0 atom stereocenters. The van der Waals surface area contributed by atoms with Gasteiger partial charge in [0.25, 0.3) is 0 Å². The van der Waals surface area contributed by atoms with E-state index in [0.29, 0.717) is 25.3 Å². The number of fused-ring (bicyclic) bond motifs is 1. The number of methoxy groups -OCH3 is 1. The SMILES string of the molecule is COc1cc(C)c(C)cc1S(=O)(=O)N1CC=C(c2c[nH]c3ccccc23)CC1. The highest BCUT2D eigenvalue weighted by Crippen LogP contribution is 2.33. The van der Waals surface area contributed by atoms with Crippen molar-refractivity contribution in [2.45, 2.75) is 25.2 Å². The lowest BCUT2D eigenvalue weighted by Gasteiger charge is -2.27. The van der Waals surface area contributed by atoms with E-state index in [9.17, 15) is 8.42 Å². The molecule has 1 aromatic heterocycles. The summed E-state index contributed by atoms with van der Waals surface area (Å²) < 4.78 is 33.4. The molecule has 0 fully saturated rings. The number of nitrogens with one attached hydrogen (secondary N) is 1. The van der Waals surface area contributed by atoms with E-state index in [-0.39, 0.29) is 4.90 Å². The van der Waals surface area contributed by atoms with E-state index in [0.717, 1.165) is 22.2 Å². The molecular formula is C22H24N2O3S. The van der Waals surface area contributed by atoms with Crippen molar-refractivity contribution in [1.29, 1.82) is 0 Å². The zero-order valence-electron chi connectivity index (χ0n) is 16.3. The van der Waals surface area contributed by atoms with Crippen molar-refractivity contribution in [3.63, 3.8) is 0 Å². The van der Waals surface area contributed by atoms with Gasteiger partial charge in [-0.05, 0) is 55.2 Å². The van der Waals surface area contributed by atoms with Gasteiger partial charge < -0.3 is 9.72 Å². The highest BCUT2D eigenvalue weighted by Gasteiger charge is 2.30. The average Bonchev–Trinajstić information content (AvgIpc) is 3.14. The number of aromatic amines is 1. The lowest BCUT2D eigenvalue weighted by molar-refractivity contribution is 0.394. The van der Waals surface area contributed by atoms with E-state index >= 15 is 0 Å². The quantitative estimate of drug-likeness (QED) is 0.716. The molecule has 1 aliphatic rings. The number of sulfonamides is 1. The number of H-pyrrole nitrogens is 1. The van der Waals surface area contributed by atoms with Gasteiger partial charge in [-0.1, -0.05) is 24.3 Å². The van der Waals surface area contributed by atoms with Crippen LogP contribution >= 0.6 is 0 Å². The Kier molecular flexibility index (Phi) is 4.77. The van der Waals surface area contributed by atoms with Crippen LogP contribution in [-0.2, 0) is 10.0 Å². The molecule has 146 valence electrons. The Balaban J connectivity index is 1.65. The van der Waals surface area contributed by atoms with E-state index in [1.165, 1.54) is 22.4 Å². The zero-order chi connectivity index (χ0) is 19.9. The molecule has 5 nitrogen and oxygen atoms in total. The highest BCUT2D eigenvalue weighted by molar-refractivity contribution is 7.89. The summed E-state index contributed by atoms with van der Waals surface area (Å²) in [6.07, 6.45) is 4.70. The van der Waals surface area contributed by atoms with Gasteiger partial charge in [-0.2, -0.15) is 4.31 Å². The van der Waals surface area contributed by atoms with E-state index in [1.807, 2.05) is 44.3 Å². The van der Waals surface area contributed by atoms with Crippen molar-refractivity contribution >= 4 is 26.5 Å². The fourth-order valence-corrected chi connectivity index (χ4v) is 5.32. The topological polar surface area (TPSA) is 62.4 Å². The molecule has 1 aliphatic heterocycles. The maximum atomic E-state index is 13.2. The standard InChI is InChI=1S/C22H24N2O3S/c1-15-12-21(27-3)22(13-16(15)2)28(25,26)24-10-8-17(9-11-24)19-14-23-20-7-5-4-6-18(19)20/h4-8,12-14,23H,9-11H2,1-3H3. The van der Waals surface area contributed by atoms with E-state index < -0.39 is 10.0 Å². The van der Waals surface area contributed by atoms with Crippen LogP contribution in [0.1, 0.15) is 23.1 Å². The van der Waals surface area contributed by atoms with Crippen molar-refractivity contribution in [3.05, 3.63) is 65.4 Å². The van der Waals surface area contributed by atoms with Crippen LogP contribution in [0.25, 0.3) is 16.5 Å². The second-order valence-corrected chi connectivity index (χ2v) is 9.08. The van der Waals surface area contributed by atoms with Crippen LogP contribution in [-0.4, -0.2) is 37.9 Å². The third-order valence-electron chi connectivity index (χ3n) is 5.50. The van der Waals surface area contributed by atoms with Crippen LogP contribution in [0.3, 0.4) is 0 Å². The fourth-order valence-electron chi connectivity index (χ4n) is 3.71. The number of benzene rings is 2. The predicted molar refractivity (Wildman–Crippen MR) is 112 cm³/mol. The summed E-state index contributed by atoms with van der Waals surface area (Å²) in [6, 6.07) is 11.7. The number of aryl methyl sites for hydroxylation is 2. The fraction of sp³-hybridized carbons (Fsp3) is 0.273. The van der Waals surface area contributed by atoms with Crippen LogP contribution < -0.4 is 4.74 Å². The lowest BCUT2D eigenvalue weighted by atomic mass is 10.00. The van der Waals surface area contributed by atoms with Crippen molar-refractivity contribution < 1.29 is 13.2 Å². The van der Waals surface area contributed by atoms with Crippen molar-refractivity contribution in [2.24, 2.45) is 0 Å². The van der Waals surface area contributed by atoms with Gasteiger partial charge in [0.15, 0.2) is 0 Å². The van der Waals surface area contributed by atoms with Crippen molar-refractivity contribution in [1.82, 2.24) is 9.29 Å². The summed E-state index contributed by atoms with van der Waals surface area (Å²) in [5.41, 5.74) is 5.36. The van der Waals surface area contributed by atoms with E-state index in [1.54, 1.807) is 12.1 Å². The molecule has 0 amide bonds. The highest BCUT2D eigenvalue weighted by atomic mass is 32.2. The van der Waals surface area contributed by atoms with Gasteiger partial charge in [0.2, 0.25) is 10.0 Å². The van der Waals surface area contributed by atoms with Crippen LogP contribution in [0.15, 0.2) is 53.6 Å². The van der Waals surface area contributed by atoms with E-state index in [4.69, 9.17) is 4.74 Å². The minimum Gasteiger partial charge on any atom is -0.495 e. The summed E-state index contributed by atoms with van der Waals surface area (Å²) >= 11 is 0. The molecule has 6 heteroatoms. The molecule has 1 N–H and O–H groups in total. The molecule has 0 bridgehead atoms. The number of hydrogen-bond acceptors (Lipinski definition) is 3. The van der Waals surface area contributed by atoms with Gasteiger partial charge in [0, 0.05) is 35.8 Å². The molecule has 3 aromatic rings. The second kappa shape index (κ2) is 7.11. The first kappa shape index (κ1) is 18.8. The van der Waals surface area contributed by atoms with Gasteiger partial charge in [0.1, 0.15) is 10.6 Å². The number of aromatic nitrogens is 1. The summed E-state index contributed by atoms with van der Waals surface area (Å²) in [5.74, 6) is 0.398. The summed E-state index contributed by atoms with van der Waals surface area (Å²) in [5, 5.41) is 1.17. The Hall–Kier alpha value is -2.57. The molecule has 0 aliphatic carbocycles. The molecule has 0 radical (unpaired) electrons. The molecule has 2 heterocycles. The van der Waals surface area contributed by atoms with Gasteiger partial charge >= 0.3 is 0 Å². The summed E-state index contributed by atoms with van der Waals surface area (Å²) in [6.45, 7) is 4.67. The minimum absolute atomic E-state index is 0.238.